The van der Waals surface area contributed by atoms with E-state index >= 15 is 0 Å². The van der Waals surface area contributed by atoms with Crippen molar-refractivity contribution in [3.05, 3.63) is 0 Å². The van der Waals surface area contributed by atoms with Crippen LogP contribution in [0.2, 0.25) is 0 Å². The molecule has 1 amide bonds. The minimum absolute atomic E-state index is 0.238. The van der Waals surface area contributed by atoms with Crippen LogP contribution in [0.5, 0.6) is 0 Å². The van der Waals surface area contributed by atoms with Crippen LogP contribution >= 0.6 is 0 Å². The van der Waals surface area contributed by atoms with E-state index < -0.39 is 0 Å². The monoisotopic (exact) mass is 255 g/mol. The van der Waals surface area contributed by atoms with Crippen LogP contribution in [0.4, 0.5) is 0 Å². The molecular weight excluding hydrogens is 222 g/mol. The summed E-state index contributed by atoms with van der Waals surface area (Å²) in [5.74, 6) is 0.238. The van der Waals surface area contributed by atoms with E-state index in [-0.39, 0.29) is 5.91 Å². The summed E-state index contributed by atoms with van der Waals surface area (Å²) in [6, 6.07) is 0. The van der Waals surface area contributed by atoms with Crippen LogP contribution in [-0.4, -0.2) is 12.5 Å². The number of nitrogens with one attached hydrogen (secondary N) is 1. The molecule has 18 heavy (non-hydrogen) atoms. The lowest BCUT2D eigenvalue weighted by atomic mass is 9.89. The number of carbonyl (C=O) groups is 1. The lowest BCUT2D eigenvalue weighted by Gasteiger charge is -2.17. The second kappa shape index (κ2) is 10.4. The highest BCUT2D eigenvalue weighted by Crippen LogP contribution is 2.21. The van der Waals surface area contributed by atoms with Crippen molar-refractivity contribution in [3.8, 4) is 0 Å². The summed E-state index contributed by atoms with van der Waals surface area (Å²) in [4.78, 5) is 11.5. The van der Waals surface area contributed by atoms with Crippen LogP contribution in [0.3, 0.4) is 0 Å². The van der Waals surface area contributed by atoms with Crippen molar-refractivity contribution in [2.75, 3.05) is 6.54 Å². The molecular formula is C16H33NO. The fourth-order valence-corrected chi connectivity index (χ4v) is 1.99. The molecule has 0 unspecified atom stereocenters. The van der Waals surface area contributed by atoms with E-state index in [9.17, 15) is 4.79 Å². The van der Waals surface area contributed by atoms with Gasteiger partial charge in [0.25, 0.3) is 0 Å². The SMILES string of the molecule is CCCCCCC(=O)NCCCCCC(C)(C)C. The van der Waals surface area contributed by atoms with Crippen molar-refractivity contribution in [2.24, 2.45) is 5.41 Å². The first-order valence-electron chi connectivity index (χ1n) is 7.72. The molecule has 2 heteroatoms. The normalized spacial score (nSPS) is 11.6. The zero-order chi connectivity index (χ0) is 13.9. The van der Waals surface area contributed by atoms with Gasteiger partial charge in [-0.15, -0.1) is 0 Å². The van der Waals surface area contributed by atoms with Gasteiger partial charge in [-0.1, -0.05) is 59.8 Å². The summed E-state index contributed by atoms with van der Waals surface area (Å²) in [7, 11) is 0. The average Bonchev–Trinajstić information content (AvgIpc) is 2.28. The lowest BCUT2D eigenvalue weighted by molar-refractivity contribution is -0.121. The maximum Gasteiger partial charge on any atom is 0.219 e. The molecule has 0 radical (unpaired) electrons. The number of unbranched alkanes of at least 4 members (excludes halogenated alkanes) is 5. The standard InChI is InChI=1S/C16H33NO/c1-5-6-7-9-12-15(18)17-14-11-8-10-13-16(2,3)4/h5-14H2,1-4H3,(H,17,18). The maximum atomic E-state index is 11.5. The van der Waals surface area contributed by atoms with Gasteiger partial charge in [-0.25, -0.2) is 0 Å². The predicted octanol–water partition coefficient (Wildman–Crippen LogP) is 4.68. The maximum absolute atomic E-state index is 11.5. The van der Waals surface area contributed by atoms with Gasteiger partial charge >= 0.3 is 0 Å². The number of hydrogen-bond donors (Lipinski definition) is 1. The van der Waals surface area contributed by atoms with Gasteiger partial charge in [-0.2, -0.15) is 0 Å². The Morgan fingerprint density at radius 1 is 0.944 bits per heavy atom. The zero-order valence-corrected chi connectivity index (χ0v) is 13.0. The van der Waals surface area contributed by atoms with Gasteiger partial charge in [0.1, 0.15) is 0 Å². The highest BCUT2D eigenvalue weighted by molar-refractivity contribution is 5.75. The summed E-state index contributed by atoms with van der Waals surface area (Å²) < 4.78 is 0. The van der Waals surface area contributed by atoms with Crippen LogP contribution in [0.25, 0.3) is 0 Å². The number of carbonyl (C=O) groups excluding carboxylic acids is 1. The van der Waals surface area contributed by atoms with E-state index in [1.54, 1.807) is 0 Å². The van der Waals surface area contributed by atoms with Crippen molar-refractivity contribution in [1.82, 2.24) is 5.32 Å². The molecule has 0 aromatic heterocycles. The second-order valence-corrected chi connectivity index (χ2v) is 6.53. The minimum atomic E-state index is 0.238. The molecule has 0 bridgehead atoms. The van der Waals surface area contributed by atoms with Crippen molar-refractivity contribution in [3.63, 3.8) is 0 Å². The average molecular weight is 255 g/mol. The van der Waals surface area contributed by atoms with E-state index in [1.165, 1.54) is 38.5 Å². The Morgan fingerprint density at radius 3 is 2.22 bits per heavy atom. The molecule has 0 fully saturated rings. The van der Waals surface area contributed by atoms with Crippen molar-refractivity contribution in [1.29, 1.82) is 0 Å². The van der Waals surface area contributed by atoms with E-state index in [4.69, 9.17) is 0 Å². The largest absolute Gasteiger partial charge is 0.356 e. The molecule has 0 aliphatic carbocycles. The minimum Gasteiger partial charge on any atom is -0.356 e. The quantitative estimate of drug-likeness (QED) is 0.564. The highest BCUT2D eigenvalue weighted by Gasteiger charge is 2.08. The third-order valence-electron chi connectivity index (χ3n) is 3.18. The lowest BCUT2D eigenvalue weighted by Crippen LogP contribution is -2.24. The van der Waals surface area contributed by atoms with Crippen molar-refractivity contribution >= 4 is 5.91 Å². The molecule has 0 aliphatic heterocycles. The molecule has 0 spiro atoms. The molecule has 2 nitrogen and oxygen atoms in total. The van der Waals surface area contributed by atoms with Gasteiger partial charge in [0, 0.05) is 13.0 Å². The molecule has 0 atom stereocenters. The van der Waals surface area contributed by atoms with Gasteiger partial charge in [0.15, 0.2) is 0 Å². The Kier molecular flexibility index (Phi) is 10.1. The summed E-state index contributed by atoms with van der Waals surface area (Å²) >= 11 is 0. The first kappa shape index (κ1) is 17.5. The Balaban J connectivity index is 3.25. The Morgan fingerprint density at radius 2 is 1.61 bits per heavy atom. The van der Waals surface area contributed by atoms with Crippen LogP contribution in [0.15, 0.2) is 0 Å². The van der Waals surface area contributed by atoms with Gasteiger partial charge in [0.2, 0.25) is 5.91 Å². The molecule has 0 aliphatic rings. The molecule has 0 aromatic carbocycles. The van der Waals surface area contributed by atoms with Crippen molar-refractivity contribution < 1.29 is 4.79 Å². The topological polar surface area (TPSA) is 29.1 Å². The van der Waals surface area contributed by atoms with Crippen molar-refractivity contribution in [2.45, 2.75) is 85.5 Å². The fourth-order valence-electron chi connectivity index (χ4n) is 1.99. The number of rotatable bonds is 10. The van der Waals surface area contributed by atoms with E-state index in [0.29, 0.717) is 11.8 Å². The van der Waals surface area contributed by atoms with Crippen LogP contribution in [0.1, 0.15) is 85.5 Å². The molecule has 0 aromatic rings. The third kappa shape index (κ3) is 13.5. The third-order valence-corrected chi connectivity index (χ3v) is 3.18. The summed E-state index contributed by atoms with van der Waals surface area (Å²) in [6.07, 6.45) is 10.3. The van der Waals surface area contributed by atoms with E-state index in [2.05, 4.69) is 33.0 Å². The van der Waals surface area contributed by atoms with Gasteiger partial charge in [-0.05, 0) is 24.7 Å². The second-order valence-electron chi connectivity index (χ2n) is 6.53. The Labute approximate surface area is 114 Å². The first-order chi connectivity index (χ1) is 8.45. The smallest absolute Gasteiger partial charge is 0.219 e. The number of hydrogen-bond acceptors (Lipinski definition) is 1. The summed E-state index contributed by atoms with van der Waals surface area (Å²) in [6.45, 7) is 9.90. The molecule has 0 saturated heterocycles. The van der Waals surface area contributed by atoms with Gasteiger partial charge < -0.3 is 5.32 Å². The van der Waals surface area contributed by atoms with Crippen LogP contribution < -0.4 is 5.32 Å². The van der Waals surface area contributed by atoms with Gasteiger partial charge in [0.05, 0.1) is 0 Å². The van der Waals surface area contributed by atoms with Gasteiger partial charge in [-0.3, -0.25) is 4.79 Å². The molecule has 0 rings (SSSR count). The molecule has 108 valence electrons. The first-order valence-corrected chi connectivity index (χ1v) is 7.72. The summed E-state index contributed by atoms with van der Waals surface area (Å²) in [5, 5.41) is 3.02. The van der Waals surface area contributed by atoms with Crippen LogP contribution in [0, 0.1) is 5.41 Å². The molecule has 1 N–H and O–H groups in total. The highest BCUT2D eigenvalue weighted by atomic mass is 16.1. The van der Waals surface area contributed by atoms with E-state index in [1.807, 2.05) is 0 Å². The molecule has 0 heterocycles. The molecule has 0 saturated carbocycles. The predicted molar refractivity (Wildman–Crippen MR) is 79.7 cm³/mol. The zero-order valence-electron chi connectivity index (χ0n) is 13.0. The fraction of sp³-hybridized carbons (Fsp3) is 0.938. The summed E-state index contributed by atoms with van der Waals surface area (Å²) in [5.41, 5.74) is 0.447. The van der Waals surface area contributed by atoms with Crippen LogP contribution in [-0.2, 0) is 4.79 Å². The Bertz CT molecular complexity index is 206. The number of amides is 1. The van der Waals surface area contributed by atoms with E-state index in [0.717, 1.165) is 19.4 Å². The Hall–Kier alpha value is -0.530.